The fraction of sp³-hybridized carbons (Fsp3) is 0.900. The van der Waals surface area contributed by atoms with E-state index in [1.54, 1.807) is 6.92 Å². The van der Waals surface area contributed by atoms with Gasteiger partial charge in [-0.1, -0.05) is 20.8 Å². The van der Waals surface area contributed by atoms with Crippen molar-refractivity contribution in [1.29, 1.82) is 0 Å². The first kappa shape index (κ1) is 13.1. The van der Waals surface area contributed by atoms with Crippen LogP contribution in [0.1, 0.15) is 34.6 Å². The van der Waals surface area contributed by atoms with Gasteiger partial charge in [-0.25, -0.2) is 0 Å². The monoisotopic (exact) mass is 203 g/mol. The first-order chi connectivity index (χ1) is 6.01. The lowest BCUT2D eigenvalue weighted by Gasteiger charge is -2.32. The molecular formula is C10H23O2Si. The highest BCUT2D eigenvalue weighted by atomic mass is 28.4. The highest BCUT2D eigenvalue weighted by Crippen LogP contribution is 2.25. The normalized spacial score (nSPS) is 15.0. The van der Waals surface area contributed by atoms with Crippen LogP contribution in [0.3, 0.4) is 0 Å². The van der Waals surface area contributed by atoms with E-state index in [4.69, 9.17) is 4.43 Å². The molecule has 0 aliphatic carbocycles. The summed E-state index contributed by atoms with van der Waals surface area (Å²) in [5, 5.41) is 9.28. The molecule has 1 N–H and O–H groups in total. The SMILES string of the molecule is CC[Si](CC)(CC)OC(C)[C](C)O. The first-order valence-electron chi connectivity index (χ1n) is 5.21. The molecule has 0 aromatic heterocycles. The molecular weight excluding hydrogens is 180 g/mol. The van der Waals surface area contributed by atoms with Gasteiger partial charge in [0.1, 0.15) is 6.10 Å². The second-order valence-corrected chi connectivity index (χ2v) is 8.37. The van der Waals surface area contributed by atoms with Crippen molar-refractivity contribution >= 4 is 8.32 Å². The molecule has 0 saturated heterocycles. The third-order valence-electron chi connectivity index (χ3n) is 2.95. The van der Waals surface area contributed by atoms with Gasteiger partial charge in [-0.2, -0.15) is 0 Å². The Balaban J connectivity index is 4.24. The highest BCUT2D eigenvalue weighted by Gasteiger charge is 2.31. The summed E-state index contributed by atoms with van der Waals surface area (Å²) in [6.07, 6.45) is 0.304. The van der Waals surface area contributed by atoms with Gasteiger partial charge in [-0.05, 0) is 32.0 Å². The van der Waals surface area contributed by atoms with Gasteiger partial charge in [-0.15, -0.1) is 0 Å². The minimum Gasteiger partial charge on any atom is -0.411 e. The Morgan fingerprint density at radius 1 is 1.23 bits per heavy atom. The Hall–Kier alpha value is 0.137. The minimum absolute atomic E-state index is 0.0912. The molecule has 1 radical (unpaired) electrons. The highest BCUT2D eigenvalue weighted by molar-refractivity contribution is 6.73. The molecule has 2 nitrogen and oxygen atoms in total. The predicted molar refractivity (Wildman–Crippen MR) is 58.6 cm³/mol. The zero-order valence-electron chi connectivity index (χ0n) is 9.55. The van der Waals surface area contributed by atoms with Crippen molar-refractivity contribution < 1.29 is 9.53 Å². The second-order valence-electron chi connectivity index (χ2n) is 3.65. The maximum Gasteiger partial charge on any atom is 0.192 e. The Labute approximate surface area is 83.4 Å². The van der Waals surface area contributed by atoms with Crippen LogP contribution in [0.15, 0.2) is 0 Å². The number of rotatable bonds is 6. The van der Waals surface area contributed by atoms with Crippen LogP contribution in [0.25, 0.3) is 0 Å². The summed E-state index contributed by atoms with van der Waals surface area (Å²) in [7, 11) is -1.52. The van der Waals surface area contributed by atoms with Crippen LogP contribution in [0.4, 0.5) is 0 Å². The van der Waals surface area contributed by atoms with Crippen LogP contribution >= 0.6 is 0 Å². The first-order valence-corrected chi connectivity index (χ1v) is 7.74. The van der Waals surface area contributed by atoms with Crippen LogP contribution < -0.4 is 0 Å². The van der Waals surface area contributed by atoms with E-state index >= 15 is 0 Å². The zero-order chi connectivity index (χ0) is 10.5. The maximum atomic E-state index is 9.28. The Bertz CT molecular complexity index is 125. The average molecular weight is 203 g/mol. The van der Waals surface area contributed by atoms with Crippen molar-refractivity contribution in [3.63, 3.8) is 0 Å². The van der Waals surface area contributed by atoms with E-state index in [2.05, 4.69) is 20.8 Å². The Morgan fingerprint density at radius 2 is 1.62 bits per heavy atom. The second kappa shape index (κ2) is 5.78. The van der Waals surface area contributed by atoms with Crippen molar-refractivity contribution in [3.05, 3.63) is 6.10 Å². The summed E-state index contributed by atoms with van der Waals surface area (Å²) in [6, 6.07) is 3.41. The summed E-state index contributed by atoms with van der Waals surface area (Å²) in [4.78, 5) is 0. The van der Waals surface area contributed by atoms with Gasteiger partial charge in [0.25, 0.3) is 0 Å². The van der Waals surface area contributed by atoms with Crippen molar-refractivity contribution in [3.8, 4) is 0 Å². The van der Waals surface area contributed by atoms with E-state index in [1.165, 1.54) is 0 Å². The lowest BCUT2D eigenvalue weighted by molar-refractivity contribution is 0.128. The summed E-state index contributed by atoms with van der Waals surface area (Å²) in [6.45, 7) is 10.2. The van der Waals surface area contributed by atoms with Gasteiger partial charge in [0.2, 0.25) is 0 Å². The zero-order valence-corrected chi connectivity index (χ0v) is 10.6. The molecule has 13 heavy (non-hydrogen) atoms. The van der Waals surface area contributed by atoms with E-state index in [-0.39, 0.29) is 6.10 Å². The Morgan fingerprint density at radius 3 is 1.85 bits per heavy atom. The molecule has 0 aliphatic rings. The quantitative estimate of drug-likeness (QED) is 0.671. The molecule has 0 saturated carbocycles. The van der Waals surface area contributed by atoms with Gasteiger partial charge in [0.15, 0.2) is 8.32 Å². The van der Waals surface area contributed by atoms with Gasteiger partial charge in [-0.3, -0.25) is 0 Å². The summed E-state index contributed by atoms with van der Waals surface area (Å²) in [5.74, 6) is 0. The fourth-order valence-corrected chi connectivity index (χ4v) is 4.38. The molecule has 0 amide bonds. The average Bonchev–Trinajstić information content (AvgIpc) is 2.14. The Kier molecular flexibility index (Phi) is 5.84. The molecule has 0 fully saturated rings. The van der Waals surface area contributed by atoms with Crippen molar-refractivity contribution in [2.75, 3.05) is 0 Å². The molecule has 0 rings (SSSR count). The van der Waals surface area contributed by atoms with Gasteiger partial charge in [0.05, 0.1) is 6.10 Å². The van der Waals surface area contributed by atoms with Gasteiger partial charge >= 0.3 is 0 Å². The topological polar surface area (TPSA) is 29.5 Å². The van der Waals surface area contributed by atoms with Crippen LogP contribution in [0.5, 0.6) is 0 Å². The molecule has 0 aromatic carbocycles. The summed E-state index contributed by atoms with van der Waals surface area (Å²) >= 11 is 0. The number of hydrogen-bond donors (Lipinski definition) is 1. The number of aliphatic hydroxyl groups is 1. The third-order valence-corrected chi connectivity index (χ3v) is 7.67. The molecule has 0 bridgehead atoms. The molecule has 3 heteroatoms. The largest absolute Gasteiger partial charge is 0.411 e. The smallest absolute Gasteiger partial charge is 0.192 e. The maximum absolute atomic E-state index is 9.28. The molecule has 1 unspecified atom stereocenters. The molecule has 0 aromatic rings. The molecule has 0 aliphatic heterocycles. The van der Waals surface area contributed by atoms with E-state index in [0.29, 0.717) is 6.10 Å². The van der Waals surface area contributed by atoms with E-state index in [0.717, 1.165) is 18.1 Å². The van der Waals surface area contributed by atoms with Crippen molar-refractivity contribution in [2.24, 2.45) is 0 Å². The lowest BCUT2D eigenvalue weighted by Crippen LogP contribution is -2.40. The van der Waals surface area contributed by atoms with Crippen LogP contribution in [-0.4, -0.2) is 19.5 Å². The lowest BCUT2D eigenvalue weighted by atomic mass is 10.3. The fourth-order valence-electron chi connectivity index (χ4n) is 1.46. The number of hydrogen-bond acceptors (Lipinski definition) is 2. The van der Waals surface area contributed by atoms with E-state index < -0.39 is 8.32 Å². The van der Waals surface area contributed by atoms with E-state index in [1.807, 2.05) is 6.92 Å². The number of aliphatic hydroxyl groups excluding tert-OH is 1. The van der Waals surface area contributed by atoms with Gasteiger partial charge in [0, 0.05) is 0 Å². The van der Waals surface area contributed by atoms with Crippen LogP contribution in [0, 0.1) is 6.10 Å². The molecule has 1 atom stereocenters. The molecule has 0 heterocycles. The molecule has 79 valence electrons. The van der Waals surface area contributed by atoms with Crippen molar-refractivity contribution in [1.82, 2.24) is 0 Å². The standard InChI is InChI=1S/C10H23O2Si/c1-6-13(7-2,8-3)12-10(5)9(4)11/h10-11H,6-8H2,1-5H3. The summed E-state index contributed by atoms with van der Waals surface area (Å²) < 4.78 is 6.00. The van der Waals surface area contributed by atoms with Gasteiger partial charge < -0.3 is 9.53 Å². The van der Waals surface area contributed by atoms with Crippen molar-refractivity contribution in [2.45, 2.75) is 58.9 Å². The van der Waals surface area contributed by atoms with E-state index in [9.17, 15) is 5.11 Å². The van der Waals surface area contributed by atoms with Crippen LogP contribution in [-0.2, 0) is 4.43 Å². The van der Waals surface area contributed by atoms with Crippen LogP contribution in [0.2, 0.25) is 18.1 Å². The molecule has 0 spiro atoms. The minimum atomic E-state index is -1.52. The third kappa shape index (κ3) is 3.79. The summed E-state index contributed by atoms with van der Waals surface area (Å²) in [5.41, 5.74) is 0. The predicted octanol–water partition coefficient (Wildman–Crippen LogP) is 3.32.